The summed E-state index contributed by atoms with van der Waals surface area (Å²) in [4.78, 5) is 29.2. The molecule has 1 atom stereocenters. The molecule has 0 spiro atoms. The fourth-order valence-electron chi connectivity index (χ4n) is 4.59. The van der Waals surface area contributed by atoms with Gasteiger partial charge in [0.05, 0.1) is 10.6 Å². The minimum absolute atomic E-state index is 0.0812. The molecule has 0 aromatic heterocycles. The summed E-state index contributed by atoms with van der Waals surface area (Å²) in [6.45, 7) is 12.7. The van der Waals surface area contributed by atoms with Crippen LogP contribution in [-0.2, 0) is 26.2 Å². The first-order valence-corrected chi connectivity index (χ1v) is 15.5. The van der Waals surface area contributed by atoms with Crippen LogP contribution >= 0.6 is 11.6 Å². The predicted octanol–water partition coefficient (Wildman–Crippen LogP) is 6.18. The van der Waals surface area contributed by atoms with Crippen LogP contribution in [0.5, 0.6) is 0 Å². The molecule has 0 heterocycles. The number of hydrogen-bond donors (Lipinski definition) is 1. The normalized spacial score (nSPS) is 12.5. The quantitative estimate of drug-likeness (QED) is 0.302. The van der Waals surface area contributed by atoms with E-state index in [1.807, 2.05) is 60.6 Å². The summed E-state index contributed by atoms with van der Waals surface area (Å²) >= 11 is 6.09. The Hall–Kier alpha value is -3.36. The molecule has 0 fully saturated rings. The summed E-state index contributed by atoms with van der Waals surface area (Å²) in [5, 5.41) is 3.53. The smallest absolute Gasteiger partial charge is 0.264 e. The molecule has 0 saturated carbocycles. The molecule has 41 heavy (non-hydrogen) atoms. The van der Waals surface area contributed by atoms with Crippen LogP contribution in [0, 0.1) is 20.8 Å². The van der Waals surface area contributed by atoms with Crippen molar-refractivity contribution in [2.24, 2.45) is 0 Å². The highest BCUT2D eigenvalue weighted by molar-refractivity contribution is 7.92. The second-order valence-corrected chi connectivity index (χ2v) is 13.7. The van der Waals surface area contributed by atoms with Crippen LogP contribution < -0.4 is 9.62 Å². The molecule has 0 aliphatic heterocycles. The van der Waals surface area contributed by atoms with Gasteiger partial charge in [0.1, 0.15) is 12.6 Å². The van der Waals surface area contributed by atoms with Gasteiger partial charge < -0.3 is 10.2 Å². The van der Waals surface area contributed by atoms with Crippen molar-refractivity contribution in [1.29, 1.82) is 0 Å². The lowest BCUT2D eigenvalue weighted by molar-refractivity contribution is -0.141. The number of rotatable bonds is 10. The zero-order chi connectivity index (χ0) is 30.5. The standard InChI is InChI=1S/C32H40ClN3O4S/c1-8-28(31(38)34-32(5,6)7)35(20-25-12-14-26(33)15-13-25)30(37)21-36(29-18-11-23(3)19-24(29)4)41(39,40)27-16-9-22(2)10-17-27/h9-19,28H,8,20-21H2,1-7H3,(H,34,38). The van der Waals surface area contributed by atoms with Gasteiger partial charge in [-0.3, -0.25) is 13.9 Å². The van der Waals surface area contributed by atoms with Gasteiger partial charge in [0.25, 0.3) is 10.0 Å². The van der Waals surface area contributed by atoms with E-state index in [4.69, 9.17) is 11.6 Å². The van der Waals surface area contributed by atoms with E-state index in [2.05, 4.69) is 5.32 Å². The molecule has 2 amide bonds. The van der Waals surface area contributed by atoms with Crippen LogP contribution in [0.2, 0.25) is 5.02 Å². The summed E-state index contributed by atoms with van der Waals surface area (Å²) in [7, 11) is -4.13. The molecule has 220 valence electrons. The zero-order valence-corrected chi connectivity index (χ0v) is 26.4. The van der Waals surface area contributed by atoms with E-state index in [9.17, 15) is 18.0 Å². The first-order valence-electron chi connectivity index (χ1n) is 13.6. The molecular formula is C32H40ClN3O4S. The highest BCUT2D eigenvalue weighted by Gasteiger charge is 2.35. The van der Waals surface area contributed by atoms with Crippen LogP contribution in [0.15, 0.2) is 71.6 Å². The van der Waals surface area contributed by atoms with Crippen molar-refractivity contribution in [1.82, 2.24) is 10.2 Å². The summed E-state index contributed by atoms with van der Waals surface area (Å²) in [5.74, 6) is -0.798. The van der Waals surface area contributed by atoms with Crippen molar-refractivity contribution in [3.63, 3.8) is 0 Å². The van der Waals surface area contributed by atoms with E-state index in [1.54, 1.807) is 54.6 Å². The fraction of sp³-hybridized carbons (Fsp3) is 0.375. The van der Waals surface area contributed by atoms with Crippen LogP contribution in [0.4, 0.5) is 5.69 Å². The number of hydrogen-bond acceptors (Lipinski definition) is 4. The maximum atomic E-state index is 14.2. The van der Waals surface area contributed by atoms with E-state index in [0.29, 0.717) is 17.1 Å². The van der Waals surface area contributed by atoms with Gasteiger partial charge in [0.15, 0.2) is 0 Å². The van der Waals surface area contributed by atoms with E-state index in [1.165, 1.54) is 4.90 Å². The Kier molecular flexibility index (Phi) is 10.3. The summed E-state index contributed by atoms with van der Waals surface area (Å²) in [6, 6.07) is 18.2. The topological polar surface area (TPSA) is 86.8 Å². The third kappa shape index (κ3) is 8.33. The Labute approximate surface area is 249 Å². The molecule has 0 saturated heterocycles. The second-order valence-electron chi connectivity index (χ2n) is 11.4. The van der Waals surface area contributed by atoms with Gasteiger partial charge in [0.2, 0.25) is 11.8 Å². The molecule has 3 rings (SSSR count). The minimum Gasteiger partial charge on any atom is -0.350 e. The Morgan fingerprint density at radius 3 is 2.02 bits per heavy atom. The van der Waals surface area contributed by atoms with Gasteiger partial charge in [-0.25, -0.2) is 8.42 Å². The van der Waals surface area contributed by atoms with Crippen LogP contribution in [-0.4, -0.2) is 43.3 Å². The summed E-state index contributed by atoms with van der Waals surface area (Å²) in [6.07, 6.45) is 0.343. The number of nitrogens with one attached hydrogen (secondary N) is 1. The lowest BCUT2D eigenvalue weighted by Crippen LogP contribution is -2.55. The molecule has 7 nitrogen and oxygen atoms in total. The number of halogens is 1. The van der Waals surface area contributed by atoms with Crippen molar-refractivity contribution in [2.45, 2.75) is 77.9 Å². The average Bonchev–Trinajstić information content (AvgIpc) is 2.87. The largest absolute Gasteiger partial charge is 0.350 e. The van der Waals surface area contributed by atoms with E-state index < -0.39 is 34.1 Å². The first-order chi connectivity index (χ1) is 19.1. The van der Waals surface area contributed by atoms with Crippen molar-refractivity contribution in [2.75, 3.05) is 10.8 Å². The Bertz CT molecular complexity index is 1480. The molecule has 1 unspecified atom stereocenters. The van der Waals surface area contributed by atoms with Crippen molar-refractivity contribution in [3.05, 3.63) is 94.0 Å². The minimum atomic E-state index is -4.13. The lowest BCUT2D eigenvalue weighted by Gasteiger charge is -2.35. The van der Waals surface area contributed by atoms with Gasteiger partial charge >= 0.3 is 0 Å². The SMILES string of the molecule is CCC(C(=O)NC(C)(C)C)N(Cc1ccc(Cl)cc1)C(=O)CN(c1ccc(C)cc1C)S(=O)(=O)c1ccc(C)cc1. The summed E-state index contributed by atoms with van der Waals surface area (Å²) in [5.41, 5.74) is 3.27. The highest BCUT2D eigenvalue weighted by atomic mass is 35.5. The van der Waals surface area contributed by atoms with E-state index >= 15 is 0 Å². The molecule has 1 N–H and O–H groups in total. The number of carbonyl (C=O) groups is 2. The fourth-order valence-corrected chi connectivity index (χ4v) is 6.20. The number of amides is 2. The number of aryl methyl sites for hydroxylation is 3. The van der Waals surface area contributed by atoms with E-state index in [0.717, 1.165) is 26.6 Å². The van der Waals surface area contributed by atoms with Gasteiger partial charge in [0, 0.05) is 17.1 Å². The molecule has 0 radical (unpaired) electrons. The number of benzene rings is 3. The van der Waals surface area contributed by atoms with Gasteiger partial charge in [-0.05, 0) is 89.4 Å². The van der Waals surface area contributed by atoms with Crippen LogP contribution in [0.3, 0.4) is 0 Å². The highest BCUT2D eigenvalue weighted by Crippen LogP contribution is 2.29. The molecule has 9 heteroatoms. The van der Waals surface area contributed by atoms with Gasteiger partial charge in [-0.1, -0.05) is 66.0 Å². The van der Waals surface area contributed by atoms with Crippen molar-refractivity contribution in [3.8, 4) is 0 Å². The van der Waals surface area contributed by atoms with Gasteiger partial charge in [-0.2, -0.15) is 0 Å². The van der Waals surface area contributed by atoms with Crippen molar-refractivity contribution < 1.29 is 18.0 Å². The third-order valence-corrected chi connectivity index (χ3v) is 8.69. The number of carbonyl (C=O) groups excluding carboxylic acids is 2. The maximum absolute atomic E-state index is 14.2. The molecule has 3 aromatic rings. The monoisotopic (exact) mass is 597 g/mol. The second kappa shape index (κ2) is 13.1. The average molecular weight is 598 g/mol. The Morgan fingerprint density at radius 1 is 0.902 bits per heavy atom. The third-order valence-electron chi connectivity index (χ3n) is 6.66. The van der Waals surface area contributed by atoms with Crippen LogP contribution in [0.25, 0.3) is 0 Å². The van der Waals surface area contributed by atoms with Gasteiger partial charge in [-0.15, -0.1) is 0 Å². The molecule has 0 bridgehead atoms. The lowest BCUT2D eigenvalue weighted by atomic mass is 10.1. The number of nitrogens with zero attached hydrogens (tertiary/aromatic N) is 2. The Balaban J connectivity index is 2.10. The van der Waals surface area contributed by atoms with Crippen LogP contribution in [0.1, 0.15) is 56.4 Å². The first kappa shape index (κ1) is 32.2. The molecular weight excluding hydrogens is 558 g/mol. The maximum Gasteiger partial charge on any atom is 0.264 e. The zero-order valence-electron chi connectivity index (χ0n) is 24.9. The van der Waals surface area contributed by atoms with E-state index in [-0.39, 0.29) is 17.3 Å². The molecule has 3 aromatic carbocycles. The number of sulfonamides is 1. The molecule has 0 aliphatic carbocycles. The van der Waals surface area contributed by atoms with Crippen molar-refractivity contribution >= 4 is 39.1 Å². The summed E-state index contributed by atoms with van der Waals surface area (Å²) < 4.78 is 29.3. The predicted molar refractivity (Wildman–Crippen MR) is 166 cm³/mol. The number of anilines is 1. The molecule has 0 aliphatic rings. The Morgan fingerprint density at radius 2 is 1.49 bits per heavy atom.